The van der Waals surface area contributed by atoms with Crippen LogP contribution in [0.4, 0.5) is 5.82 Å². The van der Waals surface area contributed by atoms with Crippen molar-refractivity contribution in [3.63, 3.8) is 0 Å². The third-order valence-electron chi connectivity index (χ3n) is 5.71. The highest BCUT2D eigenvalue weighted by Crippen LogP contribution is 2.25. The zero-order chi connectivity index (χ0) is 21.6. The van der Waals surface area contributed by atoms with E-state index in [4.69, 9.17) is 9.72 Å². The number of anilines is 1. The van der Waals surface area contributed by atoms with Gasteiger partial charge in [0.15, 0.2) is 11.4 Å². The van der Waals surface area contributed by atoms with E-state index in [2.05, 4.69) is 16.8 Å². The van der Waals surface area contributed by atoms with Crippen LogP contribution >= 0.6 is 0 Å². The van der Waals surface area contributed by atoms with Crippen molar-refractivity contribution in [2.75, 3.05) is 18.0 Å². The standard InChI is InChI=1S/C25H26N4O2/c1-18-11-13-29(14-12-18)24-21(16-26)25(30)28-23(27-24)15-20-9-5-6-10-22(20)31-17-19-7-3-2-4-8-19/h2-10,18H,11-15,17H2,1H3,(H,27,28,30). The summed E-state index contributed by atoms with van der Waals surface area (Å²) < 4.78 is 6.05. The molecular formula is C25H26N4O2. The monoisotopic (exact) mass is 414 g/mol. The molecule has 0 spiro atoms. The molecule has 0 atom stereocenters. The van der Waals surface area contributed by atoms with E-state index in [1.807, 2.05) is 60.7 Å². The average Bonchev–Trinajstić information content (AvgIpc) is 2.79. The number of nitrogens with zero attached hydrogens (tertiary/aromatic N) is 3. The van der Waals surface area contributed by atoms with Crippen molar-refractivity contribution in [3.8, 4) is 11.8 Å². The van der Waals surface area contributed by atoms with Gasteiger partial charge in [-0.25, -0.2) is 4.98 Å². The first-order chi connectivity index (χ1) is 15.1. The highest BCUT2D eigenvalue weighted by atomic mass is 16.5. The van der Waals surface area contributed by atoms with Gasteiger partial charge in [-0.2, -0.15) is 5.26 Å². The van der Waals surface area contributed by atoms with E-state index in [0.29, 0.717) is 30.6 Å². The third-order valence-corrected chi connectivity index (χ3v) is 5.71. The first-order valence-electron chi connectivity index (χ1n) is 10.7. The summed E-state index contributed by atoms with van der Waals surface area (Å²) in [6.45, 7) is 4.31. The van der Waals surface area contributed by atoms with Crippen molar-refractivity contribution in [2.45, 2.75) is 32.8 Å². The van der Waals surface area contributed by atoms with Crippen LogP contribution in [0.15, 0.2) is 59.4 Å². The normalized spacial score (nSPS) is 14.3. The molecule has 1 aliphatic heterocycles. The number of rotatable bonds is 6. The third kappa shape index (κ3) is 4.95. The van der Waals surface area contributed by atoms with Crippen LogP contribution in [0.5, 0.6) is 5.75 Å². The molecule has 0 saturated carbocycles. The van der Waals surface area contributed by atoms with Crippen LogP contribution in [-0.4, -0.2) is 23.1 Å². The van der Waals surface area contributed by atoms with E-state index in [9.17, 15) is 10.1 Å². The SMILES string of the molecule is CC1CCN(c2nc(Cc3ccccc3OCc3ccccc3)[nH]c(=O)c2C#N)CC1. The van der Waals surface area contributed by atoms with Gasteiger partial charge in [0.2, 0.25) is 0 Å². The minimum atomic E-state index is -0.385. The number of aromatic nitrogens is 2. The fourth-order valence-electron chi connectivity index (χ4n) is 3.85. The smallest absolute Gasteiger partial charge is 0.271 e. The van der Waals surface area contributed by atoms with Crippen LogP contribution in [0.1, 0.15) is 42.3 Å². The van der Waals surface area contributed by atoms with Gasteiger partial charge in [0.05, 0.1) is 0 Å². The minimum Gasteiger partial charge on any atom is -0.489 e. The molecule has 0 amide bonds. The fourth-order valence-corrected chi connectivity index (χ4v) is 3.85. The molecule has 1 saturated heterocycles. The predicted octanol–water partition coefficient (Wildman–Crippen LogP) is 4.05. The van der Waals surface area contributed by atoms with Gasteiger partial charge in [-0.05, 0) is 30.4 Å². The van der Waals surface area contributed by atoms with Gasteiger partial charge in [-0.15, -0.1) is 0 Å². The minimum absolute atomic E-state index is 0.0897. The number of benzene rings is 2. The van der Waals surface area contributed by atoms with Crippen molar-refractivity contribution in [1.29, 1.82) is 5.26 Å². The first kappa shape index (κ1) is 20.7. The molecule has 6 nitrogen and oxygen atoms in total. The van der Waals surface area contributed by atoms with Crippen molar-refractivity contribution in [3.05, 3.63) is 87.5 Å². The van der Waals surface area contributed by atoms with Crippen LogP contribution in [-0.2, 0) is 13.0 Å². The Morgan fingerprint density at radius 1 is 1.13 bits per heavy atom. The van der Waals surface area contributed by atoms with E-state index in [1.165, 1.54) is 0 Å². The Labute approximate surface area is 182 Å². The molecule has 158 valence electrons. The van der Waals surface area contributed by atoms with Gasteiger partial charge in [-0.1, -0.05) is 55.5 Å². The Morgan fingerprint density at radius 2 is 1.84 bits per heavy atom. The molecule has 2 heterocycles. The predicted molar refractivity (Wildman–Crippen MR) is 120 cm³/mol. The summed E-state index contributed by atoms with van der Waals surface area (Å²) in [4.78, 5) is 22.2. The maximum Gasteiger partial charge on any atom is 0.271 e. The summed E-state index contributed by atoms with van der Waals surface area (Å²) in [5, 5.41) is 9.53. The number of aromatic amines is 1. The van der Waals surface area contributed by atoms with Gasteiger partial charge in [0.1, 0.15) is 24.3 Å². The van der Waals surface area contributed by atoms with Gasteiger partial charge in [0.25, 0.3) is 5.56 Å². The topological polar surface area (TPSA) is 82.0 Å². The summed E-state index contributed by atoms with van der Waals surface area (Å²) >= 11 is 0. The first-order valence-corrected chi connectivity index (χ1v) is 10.7. The van der Waals surface area contributed by atoms with Gasteiger partial charge < -0.3 is 14.6 Å². The Kier molecular flexibility index (Phi) is 6.32. The second-order valence-electron chi connectivity index (χ2n) is 8.05. The number of piperidine rings is 1. The number of H-pyrrole nitrogens is 1. The lowest BCUT2D eigenvalue weighted by atomic mass is 9.99. The molecule has 1 aromatic heterocycles. The molecule has 1 fully saturated rings. The molecule has 3 aromatic rings. The molecule has 0 aliphatic carbocycles. The number of hydrogen-bond donors (Lipinski definition) is 1. The maximum atomic E-state index is 12.6. The van der Waals surface area contributed by atoms with Crippen LogP contribution in [0, 0.1) is 17.2 Å². The van der Waals surface area contributed by atoms with Crippen LogP contribution in [0.25, 0.3) is 0 Å². The lowest BCUT2D eigenvalue weighted by molar-refractivity contribution is 0.303. The summed E-state index contributed by atoms with van der Waals surface area (Å²) in [6.07, 6.45) is 2.48. The van der Waals surface area contributed by atoms with Gasteiger partial charge >= 0.3 is 0 Å². The van der Waals surface area contributed by atoms with Crippen molar-refractivity contribution < 1.29 is 4.74 Å². The molecule has 0 bridgehead atoms. The van der Waals surface area contributed by atoms with E-state index in [-0.39, 0.29) is 11.1 Å². The number of para-hydroxylation sites is 1. The van der Waals surface area contributed by atoms with E-state index in [1.54, 1.807) is 0 Å². The van der Waals surface area contributed by atoms with E-state index >= 15 is 0 Å². The zero-order valence-corrected chi connectivity index (χ0v) is 17.7. The molecular weight excluding hydrogens is 388 g/mol. The lowest BCUT2D eigenvalue weighted by Gasteiger charge is -2.31. The Balaban J connectivity index is 1.58. The molecule has 0 unspecified atom stereocenters. The Bertz CT molecular complexity index is 1130. The maximum absolute atomic E-state index is 12.6. The van der Waals surface area contributed by atoms with Gasteiger partial charge in [0, 0.05) is 25.1 Å². The van der Waals surface area contributed by atoms with Crippen molar-refractivity contribution >= 4 is 5.82 Å². The van der Waals surface area contributed by atoms with E-state index in [0.717, 1.165) is 42.8 Å². The second kappa shape index (κ2) is 9.48. The summed E-state index contributed by atoms with van der Waals surface area (Å²) in [5.41, 5.74) is 1.73. The molecule has 1 aliphatic rings. The summed E-state index contributed by atoms with van der Waals surface area (Å²) in [5.74, 6) is 2.44. The quantitative estimate of drug-likeness (QED) is 0.658. The average molecular weight is 415 g/mol. The molecule has 1 N–H and O–H groups in total. The van der Waals surface area contributed by atoms with Crippen molar-refractivity contribution in [2.24, 2.45) is 5.92 Å². The molecule has 2 aromatic carbocycles. The highest BCUT2D eigenvalue weighted by Gasteiger charge is 2.22. The van der Waals surface area contributed by atoms with Crippen LogP contribution in [0.3, 0.4) is 0 Å². The fraction of sp³-hybridized carbons (Fsp3) is 0.320. The Morgan fingerprint density at radius 3 is 2.58 bits per heavy atom. The largest absolute Gasteiger partial charge is 0.489 e. The van der Waals surface area contributed by atoms with E-state index < -0.39 is 0 Å². The number of hydrogen-bond acceptors (Lipinski definition) is 5. The number of nitrogens with one attached hydrogen (secondary N) is 1. The van der Waals surface area contributed by atoms with Crippen LogP contribution in [0.2, 0.25) is 0 Å². The van der Waals surface area contributed by atoms with Crippen molar-refractivity contribution in [1.82, 2.24) is 9.97 Å². The molecule has 6 heteroatoms. The number of ether oxygens (including phenoxy) is 1. The molecule has 4 rings (SSSR count). The molecule has 0 radical (unpaired) electrons. The molecule has 31 heavy (non-hydrogen) atoms. The lowest BCUT2D eigenvalue weighted by Crippen LogP contribution is -2.36. The van der Waals surface area contributed by atoms with Gasteiger partial charge in [-0.3, -0.25) is 4.79 Å². The number of nitriles is 1. The highest BCUT2D eigenvalue weighted by molar-refractivity contribution is 5.53. The van der Waals surface area contributed by atoms with Crippen LogP contribution < -0.4 is 15.2 Å². The summed E-state index contributed by atoms with van der Waals surface area (Å²) in [6, 6.07) is 19.8. The summed E-state index contributed by atoms with van der Waals surface area (Å²) in [7, 11) is 0. The zero-order valence-electron chi connectivity index (χ0n) is 17.7. The Hall–Kier alpha value is -3.59. The second-order valence-corrected chi connectivity index (χ2v) is 8.05.